The van der Waals surface area contributed by atoms with Crippen molar-refractivity contribution in [3.63, 3.8) is 0 Å². The van der Waals surface area contributed by atoms with Gasteiger partial charge in [0.2, 0.25) is 0 Å². The van der Waals surface area contributed by atoms with E-state index in [-0.39, 0.29) is 6.42 Å². The van der Waals surface area contributed by atoms with Gasteiger partial charge in [0, 0.05) is 5.54 Å². The maximum atomic E-state index is 10.8. The van der Waals surface area contributed by atoms with E-state index in [9.17, 15) is 4.79 Å². The molecular formula is C19H31NO3. The highest BCUT2D eigenvalue weighted by Crippen LogP contribution is 2.18. The topological polar surface area (TPSA) is 72.5 Å². The highest BCUT2D eigenvalue weighted by Gasteiger charge is 2.21. The Kier molecular flexibility index (Phi) is 8.70. The fraction of sp³-hybridized carbons (Fsp3) is 0.632. The highest BCUT2D eigenvalue weighted by atomic mass is 16.5. The molecule has 0 amide bonds. The van der Waals surface area contributed by atoms with E-state index in [1.54, 1.807) is 6.92 Å². The number of ether oxygens (including phenoxy) is 1. The fourth-order valence-electron chi connectivity index (χ4n) is 2.51. The Hall–Kier alpha value is -1.55. The van der Waals surface area contributed by atoms with Gasteiger partial charge in [-0.25, -0.2) is 0 Å². The summed E-state index contributed by atoms with van der Waals surface area (Å²) < 4.78 is 5.74. The molecule has 1 aromatic carbocycles. The van der Waals surface area contributed by atoms with Gasteiger partial charge < -0.3 is 15.6 Å². The van der Waals surface area contributed by atoms with Crippen LogP contribution in [0.3, 0.4) is 0 Å². The highest BCUT2D eigenvalue weighted by molar-refractivity contribution is 5.68. The summed E-state index contributed by atoms with van der Waals surface area (Å²) in [6, 6.07) is 8.02. The van der Waals surface area contributed by atoms with Gasteiger partial charge in [0.15, 0.2) is 0 Å². The Morgan fingerprint density at radius 1 is 1.17 bits per heavy atom. The predicted octanol–water partition coefficient (Wildman–Crippen LogP) is 4.16. The van der Waals surface area contributed by atoms with Gasteiger partial charge in [-0.1, -0.05) is 44.7 Å². The van der Waals surface area contributed by atoms with Crippen LogP contribution in [-0.2, 0) is 11.2 Å². The number of aryl methyl sites for hydroxylation is 1. The van der Waals surface area contributed by atoms with E-state index in [4.69, 9.17) is 15.6 Å². The van der Waals surface area contributed by atoms with E-state index in [1.165, 1.54) is 25.7 Å². The number of rotatable bonds is 12. The standard InChI is InChI=1S/C19H31NO3/c1-3-4-5-6-7-14-23-17-10-8-16(9-11-17)12-13-19(2,20)15-18(21)22/h8-11H,3-7,12-15,20H2,1-2H3,(H,21,22)/t19-/m1/s1. The van der Waals surface area contributed by atoms with Gasteiger partial charge in [0.1, 0.15) is 5.75 Å². The second-order valence-electron chi connectivity index (χ2n) is 6.63. The zero-order valence-electron chi connectivity index (χ0n) is 14.5. The van der Waals surface area contributed by atoms with Gasteiger partial charge in [-0.3, -0.25) is 4.79 Å². The molecule has 1 rings (SSSR count). The van der Waals surface area contributed by atoms with E-state index in [0.717, 1.165) is 30.8 Å². The van der Waals surface area contributed by atoms with Crippen molar-refractivity contribution in [3.8, 4) is 5.75 Å². The van der Waals surface area contributed by atoms with Crippen LogP contribution in [0.4, 0.5) is 0 Å². The molecule has 0 bridgehead atoms. The summed E-state index contributed by atoms with van der Waals surface area (Å²) in [5, 5.41) is 8.84. The largest absolute Gasteiger partial charge is 0.494 e. The molecule has 4 heteroatoms. The quantitative estimate of drug-likeness (QED) is 0.567. The number of hydrogen-bond donors (Lipinski definition) is 2. The van der Waals surface area contributed by atoms with Crippen LogP contribution in [0.25, 0.3) is 0 Å². The molecule has 130 valence electrons. The number of carboxylic acids is 1. The van der Waals surface area contributed by atoms with E-state index >= 15 is 0 Å². The van der Waals surface area contributed by atoms with E-state index in [2.05, 4.69) is 6.92 Å². The Balaban J connectivity index is 2.29. The lowest BCUT2D eigenvalue weighted by molar-refractivity contribution is -0.138. The van der Waals surface area contributed by atoms with Crippen molar-refractivity contribution in [1.29, 1.82) is 0 Å². The minimum absolute atomic E-state index is 0.00771. The van der Waals surface area contributed by atoms with Crippen molar-refractivity contribution in [2.45, 2.75) is 70.8 Å². The third-order valence-corrected chi connectivity index (χ3v) is 3.98. The molecule has 23 heavy (non-hydrogen) atoms. The molecular weight excluding hydrogens is 290 g/mol. The average molecular weight is 321 g/mol. The SMILES string of the molecule is CCCCCCCOc1ccc(CC[C@@](C)(N)CC(=O)O)cc1. The van der Waals surface area contributed by atoms with Crippen LogP contribution in [0.2, 0.25) is 0 Å². The minimum Gasteiger partial charge on any atom is -0.494 e. The molecule has 0 spiro atoms. The molecule has 0 aliphatic rings. The Morgan fingerprint density at radius 2 is 1.83 bits per heavy atom. The summed E-state index contributed by atoms with van der Waals surface area (Å²) in [7, 11) is 0. The Bertz CT molecular complexity index is 454. The molecule has 1 atom stereocenters. The Morgan fingerprint density at radius 3 is 2.43 bits per heavy atom. The van der Waals surface area contributed by atoms with Crippen molar-refractivity contribution in [3.05, 3.63) is 29.8 Å². The molecule has 0 heterocycles. The summed E-state index contributed by atoms with van der Waals surface area (Å²) in [5.74, 6) is 0.0444. The molecule has 0 aliphatic heterocycles. The van der Waals surface area contributed by atoms with Gasteiger partial charge in [0.05, 0.1) is 13.0 Å². The molecule has 0 saturated heterocycles. The molecule has 0 unspecified atom stereocenters. The molecule has 0 fully saturated rings. The smallest absolute Gasteiger partial charge is 0.305 e. The lowest BCUT2D eigenvalue weighted by Crippen LogP contribution is -2.38. The van der Waals surface area contributed by atoms with Crippen molar-refractivity contribution >= 4 is 5.97 Å². The van der Waals surface area contributed by atoms with Crippen molar-refractivity contribution < 1.29 is 14.6 Å². The zero-order valence-corrected chi connectivity index (χ0v) is 14.5. The molecule has 0 radical (unpaired) electrons. The van der Waals surface area contributed by atoms with Crippen molar-refractivity contribution in [1.82, 2.24) is 0 Å². The first kappa shape index (κ1) is 19.5. The monoisotopic (exact) mass is 321 g/mol. The molecule has 1 aromatic rings. The lowest BCUT2D eigenvalue weighted by Gasteiger charge is -2.22. The van der Waals surface area contributed by atoms with Crippen molar-refractivity contribution in [2.75, 3.05) is 6.61 Å². The normalized spacial score (nSPS) is 13.5. The maximum Gasteiger partial charge on any atom is 0.305 e. The number of carboxylic acid groups (broad SMARTS) is 1. The van der Waals surface area contributed by atoms with Crippen LogP contribution >= 0.6 is 0 Å². The number of nitrogens with two attached hydrogens (primary N) is 1. The minimum atomic E-state index is -0.849. The first-order chi connectivity index (χ1) is 10.9. The number of aliphatic carboxylic acids is 1. The van der Waals surface area contributed by atoms with Gasteiger partial charge >= 0.3 is 5.97 Å². The van der Waals surface area contributed by atoms with Crippen LogP contribution in [0.5, 0.6) is 5.75 Å². The maximum absolute atomic E-state index is 10.8. The van der Waals surface area contributed by atoms with Crippen LogP contribution in [0, 0.1) is 0 Å². The molecule has 0 saturated carbocycles. The van der Waals surface area contributed by atoms with Crippen LogP contribution in [0.1, 0.15) is 64.4 Å². The van der Waals surface area contributed by atoms with Gasteiger partial charge in [0.25, 0.3) is 0 Å². The van der Waals surface area contributed by atoms with Crippen LogP contribution in [0.15, 0.2) is 24.3 Å². The number of hydrogen-bond acceptors (Lipinski definition) is 3. The summed E-state index contributed by atoms with van der Waals surface area (Å²) in [6.45, 7) is 4.77. The van der Waals surface area contributed by atoms with E-state index < -0.39 is 11.5 Å². The fourth-order valence-corrected chi connectivity index (χ4v) is 2.51. The number of unbranched alkanes of at least 4 members (excludes halogenated alkanes) is 4. The average Bonchev–Trinajstić information content (AvgIpc) is 2.49. The van der Waals surface area contributed by atoms with Gasteiger partial charge in [-0.2, -0.15) is 0 Å². The van der Waals surface area contributed by atoms with Gasteiger partial charge in [-0.05, 0) is 43.9 Å². The Labute approximate surface area is 140 Å². The summed E-state index contributed by atoms with van der Waals surface area (Å²) >= 11 is 0. The molecule has 3 N–H and O–H groups in total. The predicted molar refractivity (Wildman–Crippen MR) is 93.9 cm³/mol. The number of benzene rings is 1. The van der Waals surface area contributed by atoms with Crippen LogP contribution in [-0.4, -0.2) is 23.2 Å². The second-order valence-corrected chi connectivity index (χ2v) is 6.63. The van der Waals surface area contributed by atoms with E-state index in [1.807, 2.05) is 24.3 Å². The van der Waals surface area contributed by atoms with E-state index in [0.29, 0.717) is 6.42 Å². The number of carbonyl (C=O) groups is 1. The third kappa shape index (κ3) is 9.24. The summed E-state index contributed by atoms with van der Waals surface area (Å²) in [4.78, 5) is 10.8. The summed E-state index contributed by atoms with van der Waals surface area (Å²) in [5.41, 5.74) is 6.49. The first-order valence-corrected chi connectivity index (χ1v) is 8.65. The summed E-state index contributed by atoms with van der Waals surface area (Å²) in [6.07, 6.45) is 7.59. The van der Waals surface area contributed by atoms with Gasteiger partial charge in [-0.15, -0.1) is 0 Å². The van der Waals surface area contributed by atoms with Crippen LogP contribution < -0.4 is 10.5 Å². The van der Waals surface area contributed by atoms with Crippen molar-refractivity contribution in [2.24, 2.45) is 5.73 Å². The first-order valence-electron chi connectivity index (χ1n) is 8.65. The third-order valence-electron chi connectivity index (χ3n) is 3.98. The molecule has 0 aromatic heterocycles. The molecule has 4 nitrogen and oxygen atoms in total. The lowest BCUT2D eigenvalue weighted by atomic mass is 9.91. The molecule has 0 aliphatic carbocycles. The zero-order chi connectivity index (χ0) is 17.1. The second kappa shape index (κ2) is 10.3.